The van der Waals surface area contributed by atoms with Gasteiger partial charge in [-0.25, -0.2) is 4.98 Å². The van der Waals surface area contributed by atoms with Crippen LogP contribution < -0.4 is 10.2 Å². The first-order valence-corrected chi connectivity index (χ1v) is 7.90. The van der Waals surface area contributed by atoms with Gasteiger partial charge in [0.15, 0.2) is 0 Å². The number of hydrogen-bond donors (Lipinski definition) is 1. The second-order valence-electron chi connectivity index (χ2n) is 5.45. The maximum absolute atomic E-state index is 12.0. The van der Waals surface area contributed by atoms with Gasteiger partial charge < -0.3 is 15.0 Å². The van der Waals surface area contributed by atoms with Gasteiger partial charge >= 0.3 is 0 Å². The predicted octanol–water partition coefficient (Wildman–Crippen LogP) is 0.832. The maximum Gasteiger partial charge on any atom is 0.225 e. The average molecular weight is 296 g/mol. The summed E-state index contributed by atoms with van der Waals surface area (Å²) in [7, 11) is 1.68. The van der Waals surface area contributed by atoms with Gasteiger partial charge in [0.25, 0.3) is 0 Å². The van der Waals surface area contributed by atoms with Crippen LogP contribution >= 0.6 is 11.5 Å². The topological polar surface area (TPSA) is 67.3 Å². The van der Waals surface area contributed by atoms with Gasteiger partial charge in [-0.2, -0.15) is 4.37 Å². The van der Waals surface area contributed by atoms with Crippen molar-refractivity contribution in [2.75, 3.05) is 31.7 Å². The van der Waals surface area contributed by atoms with Gasteiger partial charge in [-0.05, 0) is 19.3 Å². The van der Waals surface area contributed by atoms with Crippen molar-refractivity contribution in [3.63, 3.8) is 0 Å². The van der Waals surface area contributed by atoms with Crippen LogP contribution in [0.2, 0.25) is 0 Å². The molecular formula is C13H20N4O2S. The molecule has 1 aliphatic heterocycles. The van der Waals surface area contributed by atoms with Crippen molar-refractivity contribution in [2.24, 2.45) is 5.92 Å². The third-order valence-electron chi connectivity index (χ3n) is 3.74. The van der Waals surface area contributed by atoms with E-state index >= 15 is 0 Å². The van der Waals surface area contributed by atoms with Gasteiger partial charge in [-0.15, -0.1) is 0 Å². The number of carbonyl (C=O) groups excluding carboxylic acids is 1. The number of anilines is 1. The minimum atomic E-state index is 0.0990. The van der Waals surface area contributed by atoms with Crippen molar-refractivity contribution >= 4 is 22.6 Å². The molecule has 110 valence electrons. The van der Waals surface area contributed by atoms with Crippen LogP contribution in [-0.4, -0.2) is 48.1 Å². The zero-order valence-corrected chi connectivity index (χ0v) is 12.5. The van der Waals surface area contributed by atoms with Crippen molar-refractivity contribution in [1.82, 2.24) is 14.7 Å². The number of methoxy groups -OCH3 is 1. The Balaban J connectivity index is 1.53. The second kappa shape index (κ2) is 6.05. The lowest BCUT2D eigenvalue weighted by molar-refractivity contribution is -0.124. The highest BCUT2D eigenvalue weighted by molar-refractivity contribution is 7.09. The summed E-state index contributed by atoms with van der Waals surface area (Å²) in [6, 6.07) is 0.443. The number of hydrogen-bond acceptors (Lipinski definition) is 6. The quantitative estimate of drug-likeness (QED) is 0.842. The molecule has 3 rings (SSSR count). The summed E-state index contributed by atoms with van der Waals surface area (Å²) in [5, 5.41) is 4.01. The van der Waals surface area contributed by atoms with Gasteiger partial charge in [-0.1, -0.05) is 0 Å². The van der Waals surface area contributed by atoms with Gasteiger partial charge in [0.1, 0.15) is 5.82 Å². The van der Waals surface area contributed by atoms with E-state index in [1.165, 1.54) is 11.5 Å². The lowest BCUT2D eigenvalue weighted by Gasteiger charge is -2.14. The van der Waals surface area contributed by atoms with E-state index in [0.29, 0.717) is 12.6 Å². The summed E-state index contributed by atoms with van der Waals surface area (Å²) in [6.45, 7) is 2.29. The molecule has 0 spiro atoms. The fraction of sp³-hybridized carbons (Fsp3) is 0.769. The van der Waals surface area contributed by atoms with Crippen LogP contribution in [-0.2, 0) is 16.0 Å². The number of carbonyl (C=O) groups is 1. The van der Waals surface area contributed by atoms with Crippen molar-refractivity contribution in [1.29, 1.82) is 0 Å². The highest BCUT2D eigenvalue weighted by Crippen LogP contribution is 2.27. The first-order valence-electron chi connectivity index (χ1n) is 7.13. The zero-order valence-electron chi connectivity index (χ0n) is 11.7. The molecule has 0 aromatic carbocycles. The summed E-state index contributed by atoms with van der Waals surface area (Å²) in [6.07, 6.45) is 3.93. The zero-order chi connectivity index (χ0) is 13.9. The molecule has 1 N–H and O–H groups in total. The fourth-order valence-corrected chi connectivity index (χ4v) is 3.11. The SMILES string of the molecule is COCCc1nsc(N2CCC(C(=O)NC3CC3)C2)n1. The summed E-state index contributed by atoms with van der Waals surface area (Å²) in [5.41, 5.74) is 0. The minimum absolute atomic E-state index is 0.0990. The van der Waals surface area contributed by atoms with E-state index in [9.17, 15) is 4.79 Å². The molecule has 2 heterocycles. The molecule has 1 atom stereocenters. The standard InChI is InChI=1S/C13H20N4O2S/c1-19-7-5-11-15-13(20-16-11)17-6-4-9(8-17)12(18)14-10-2-3-10/h9-10H,2-8H2,1H3,(H,14,18). The monoisotopic (exact) mass is 296 g/mol. The van der Waals surface area contributed by atoms with Crippen LogP contribution in [0, 0.1) is 5.92 Å². The Kier molecular flexibility index (Phi) is 4.16. The van der Waals surface area contributed by atoms with E-state index in [-0.39, 0.29) is 11.8 Å². The Labute approximate surface area is 122 Å². The lowest BCUT2D eigenvalue weighted by Crippen LogP contribution is -2.34. The van der Waals surface area contributed by atoms with Gasteiger partial charge in [0.05, 0.1) is 12.5 Å². The maximum atomic E-state index is 12.0. The summed E-state index contributed by atoms with van der Waals surface area (Å²) >= 11 is 1.41. The number of rotatable bonds is 6. The smallest absolute Gasteiger partial charge is 0.225 e. The Morgan fingerprint density at radius 3 is 3.10 bits per heavy atom. The molecule has 1 aromatic heterocycles. The molecule has 0 bridgehead atoms. The van der Waals surface area contributed by atoms with Gasteiger partial charge in [-0.3, -0.25) is 4.79 Å². The number of nitrogens with one attached hydrogen (secondary N) is 1. The largest absolute Gasteiger partial charge is 0.384 e. The molecule has 7 heteroatoms. The third-order valence-corrected chi connectivity index (χ3v) is 4.56. The molecule has 1 saturated carbocycles. The van der Waals surface area contributed by atoms with Crippen LogP contribution in [0.3, 0.4) is 0 Å². The number of aromatic nitrogens is 2. The van der Waals surface area contributed by atoms with Crippen LogP contribution in [0.15, 0.2) is 0 Å². The Morgan fingerprint density at radius 1 is 1.50 bits per heavy atom. The van der Waals surface area contributed by atoms with E-state index in [1.807, 2.05) is 0 Å². The van der Waals surface area contributed by atoms with E-state index in [2.05, 4.69) is 19.6 Å². The summed E-state index contributed by atoms with van der Waals surface area (Å²) in [4.78, 5) is 18.7. The Morgan fingerprint density at radius 2 is 2.35 bits per heavy atom. The molecule has 1 unspecified atom stereocenters. The van der Waals surface area contributed by atoms with E-state index in [1.54, 1.807) is 7.11 Å². The predicted molar refractivity (Wildman–Crippen MR) is 77.0 cm³/mol. The van der Waals surface area contributed by atoms with Crippen LogP contribution in [0.4, 0.5) is 5.13 Å². The molecule has 20 heavy (non-hydrogen) atoms. The molecule has 0 radical (unpaired) electrons. The first-order chi connectivity index (χ1) is 9.76. The van der Waals surface area contributed by atoms with Crippen molar-refractivity contribution < 1.29 is 9.53 Å². The highest BCUT2D eigenvalue weighted by atomic mass is 32.1. The van der Waals surface area contributed by atoms with Crippen LogP contribution in [0.1, 0.15) is 25.1 Å². The number of amides is 1. The number of nitrogens with zero attached hydrogens (tertiary/aromatic N) is 3. The van der Waals surface area contributed by atoms with Crippen molar-refractivity contribution in [3.05, 3.63) is 5.82 Å². The molecular weight excluding hydrogens is 276 g/mol. The van der Waals surface area contributed by atoms with E-state index in [4.69, 9.17) is 4.74 Å². The second-order valence-corrected chi connectivity index (χ2v) is 6.18. The Hall–Kier alpha value is -1.21. The van der Waals surface area contributed by atoms with E-state index in [0.717, 1.165) is 49.7 Å². The van der Waals surface area contributed by atoms with Crippen molar-refractivity contribution in [2.45, 2.75) is 31.7 Å². The molecule has 1 amide bonds. The summed E-state index contributed by atoms with van der Waals surface area (Å²) < 4.78 is 9.36. The highest BCUT2D eigenvalue weighted by Gasteiger charge is 2.33. The molecule has 1 saturated heterocycles. The Bertz CT molecular complexity index is 475. The molecule has 1 aliphatic carbocycles. The van der Waals surface area contributed by atoms with Crippen molar-refractivity contribution in [3.8, 4) is 0 Å². The first kappa shape index (κ1) is 13.8. The van der Waals surface area contributed by atoms with Crippen LogP contribution in [0.25, 0.3) is 0 Å². The number of ether oxygens (including phenoxy) is 1. The van der Waals surface area contributed by atoms with E-state index < -0.39 is 0 Å². The molecule has 2 fully saturated rings. The lowest BCUT2D eigenvalue weighted by atomic mass is 10.1. The third kappa shape index (κ3) is 3.27. The molecule has 1 aromatic rings. The fourth-order valence-electron chi connectivity index (χ4n) is 2.36. The molecule has 2 aliphatic rings. The molecule has 6 nitrogen and oxygen atoms in total. The normalized spacial score (nSPS) is 22.2. The van der Waals surface area contributed by atoms with Gasteiger partial charge in [0.2, 0.25) is 11.0 Å². The minimum Gasteiger partial charge on any atom is -0.384 e. The van der Waals surface area contributed by atoms with Crippen LogP contribution in [0.5, 0.6) is 0 Å². The average Bonchev–Trinajstić information content (AvgIpc) is 2.97. The van der Waals surface area contributed by atoms with Gasteiger partial charge in [0, 0.05) is 44.2 Å². The summed E-state index contributed by atoms with van der Waals surface area (Å²) in [5.74, 6) is 1.14.